The van der Waals surface area contributed by atoms with Crippen molar-refractivity contribution in [1.82, 2.24) is 9.55 Å². The predicted molar refractivity (Wildman–Crippen MR) is 70.4 cm³/mol. The van der Waals surface area contributed by atoms with Crippen LogP contribution in [0.2, 0.25) is 0 Å². The number of imidazole rings is 1. The number of methoxy groups -OCH3 is 1. The maximum atomic E-state index is 13.5. The Kier molecular flexibility index (Phi) is 2.98. The van der Waals surface area contributed by atoms with E-state index in [1.165, 1.54) is 12.1 Å². The van der Waals surface area contributed by atoms with Crippen LogP contribution in [0.15, 0.2) is 18.2 Å². The van der Waals surface area contributed by atoms with Crippen LogP contribution in [0, 0.1) is 5.82 Å². The van der Waals surface area contributed by atoms with Crippen LogP contribution in [0.5, 0.6) is 5.75 Å². The average molecular weight is 261 g/mol. The van der Waals surface area contributed by atoms with Crippen molar-refractivity contribution in [2.45, 2.75) is 25.9 Å². The molecule has 3 rings (SSSR count). The molecule has 2 N–H and O–H groups in total. The van der Waals surface area contributed by atoms with Crippen LogP contribution in [-0.2, 0) is 19.5 Å². The van der Waals surface area contributed by atoms with Gasteiger partial charge in [0.25, 0.3) is 0 Å². The van der Waals surface area contributed by atoms with Gasteiger partial charge >= 0.3 is 0 Å². The Labute approximate surface area is 111 Å². The molecule has 1 aliphatic heterocycles. The Hall–Kier alpha value is -1.88. The van der Waals surface area contributed by atoms with Crippen LogP contribution in [0.3, 0.4) is 0 Å². The van der Waals surface area contributed by atoms with Crippen molar-refractivity contribution in [3.8, 4) is 17.0 Å². The molecule has 0 amide bonds. The van der Waals surface area contributed by atoms with Crippen LogP contribution >= 0.6 is 0 Å². The van der Waals surface area contributed by atoms with E-state index in [0.29, 0.717) is 17.9 Å². The summed E-state index contributed by atoms with van der Waals surface area (Å²) in [7, 11) is 1.58. The number of fused-ring (bicyclic) bond motifs is 1. The molecule has 0 atom stereocenters. The molecule has 0 aliphatic carbocycles. The van der Waals surface area contributed by atoms with Gasteiger partial charge in [0.2, 0.25) is 0 Å². The number of hydrogen-bond acceptors (Lipinski definition) is 3. The van der Waals surface area contributed by atoms with Crippen LogP contribution in [0.1, 0.15) is 17.9 Å². The first kappa shape index (κ1) is 12.2. The number of aromatic nitrogens is 2. The third kappa shape index (κ3) is 1.90. The molecule has 1 aromatic carbocycles. The van der Waals surface area contributed by atoms with Gasteiger partial charge in [-0.2, -0.15) is 0 Å². The van der Waals surface area contributed by atoms with Crippen molar-refractivity contribution in [3.63, 3.8) is 0 Å². The Morgan fingerprint density at radius 1 is 1.47 bits per heavy atom. The van der Waals surface area contributed by atoms with Gasteiger partial charge in [0, 0.05) is 17.8 Å². The molecule has 0 spiro atoms. The fourth-order valence-corrected chi connectivity index (χ4v) is 2.70. The van der Waals surface area contributed by atoms with E-state index in [0.717, 1.165) is 36.6 Å². The van der Waals surface area contributed by atoms with Crippen LogP contribution in [0.25, 0.3) is 11.3 Å². The molecule has 0 unspecified atom stereocenters. The van der Waals surface area contributed by atoms with E-state index in [4.69, 9.17) is 10.5 Å². The summed E-state index contributed by atoms with van der Waals surface area (Å²) in [5.74, 6) is 1.21. The number of halogens is 1. The molecule has 0 fully saturated rings. The summed E-state index contributed by atoms with van der Waals surface area (Å²) in [4.78, 5) is 4.56. The lowest BCUT2D eigenvalue weighted by molar-refractivity contribution is 0.415. The molecule has 0 saturated carbocycles. The topological polar surface area (TPSA) is 53.1 Å². The summed E-state index contributed by atoms with van der Waals surface area (Å²) in [6.45, 7) is 1.33. The average Bonchev–Trinajstić information content (AvgIpc) is 3.00. The lowest BCUT2D eigenvalue weighted by Gasteiger charge is -2.07. The quantitative estimate of drug-likeness (QED) is 0.920. The largest absolute Gasteiger partial charge is 0.496 e. The van der Waals surface area contributed by atoms with Crippen molar-refractivity contribution in [1.29, 1.82) is 0 Å². The summed E-state index contributed by atoms with van der Waals surface area (Å²) in [5, 5.41) is 0. The minimum atomic E-state index is -0.287. The van der Waals surface area contributed by atoms with Gasteiger partial charge in [0.1, 0.15) is 17.4 Å². The molecule has 19 heavy (non-hydrogen) atoms. The van der Waals surface area contributed by atoms with Gasteiger partial charge in [-0.15, -0.1) is 0 Å². The van der Waals surface area contributed by atoms with Crippen molar-refractivity contribution in [2.75, 3.05) is 7.11 Å². The molecule has 0 radical (unpaired) electrons. The first-order chi connectivity index (χ1) is 9.24. The Balaban J connectivity index is 2.20. The Bertz CT molecular complexity index is 621. The van der Waals surface area contributed by atoms with Crippen LogP contribution in [-0.4, -0.2) is 16.7 Å². The summed E-state index contributed by atoms with van der Waals surface area (Å²) >= 11 is 0. The Morgan fingerprint density at radius 2 is 2.32 bits per heavy atom. The second-order valence-electron chi connectivity index (χ2n) is 4.63. The standard InChI is InChI=1S/C14H16FN3O/c1-19-12-5-4-9(15)7-10(12)14-11-3-2-6-18(11)13(8-16)17-14/h4-5,7H,2-3,6,8,16H2,1H3. The summed E-state index contributed by atoms with van der Waals surface area (Å²) in [5.41, 5.74) is 8.36. The molecule has 0 bridgehead atoms. The third-order valence-corrected chi connectivity index (χ3v) is 3.55. The molecule has 2 heterocycles. The highest BCUT2D eigenvalue weighted by Gasteiger charge is 2.23. The molecule has 100 valence electrons. The van der Waals surface area contributed by atoms with Gasteiger partial charge in [-0.25, -0.2) is 9.37 Å². The van der Waals surface area contributed by atoms with Crippen molar-refractivity contribution in [2.24, 2.45) is 5.73 Å². The maximum absolute atomic E-state index is 13.5. The lowest BCUT2D eigenvalue weighted by atomic mass is 10.1. The number of rotatable bonds is 3. The van der Waals surface area contributed by atoms with E-state index in [-0.39, 0.29) is 5.82 Å². The van der Waals surface area contributed by atoms with Gasteiger partial charge in [-0.3, -0.25) is 0 Å². The number of ether oxygens (including phenoxy) is 1. The number of hydrogen-bond donors (Lipinski definition) is 1. The van der Waals surface area contributed by atoms with E-state index >= 15 is 0 Å². The second-order valence-corrected chi connectivity index (χ2v) is 4.63. The first-order valence-electron chi connectivity index (χ1n) is 6.37. The van der Waals surface area contributed by atoms with E-state index in [1.54, 1.807) is 13.2 Å². The zero-order valence-electron chi connectivity index (χ0n) is 10.8. The molecular formula is C14H16FN3O. The van der Waals surface area contributed by atoms with E-state index in [1.807, 2.05) is 0 Å². The SMILES string of the molecule is COc1ccc(F)cc1-c1nc(CN)n2c1CCC2. The van der Waals surface area contributed by atoms with Crippen molar-refractivity contribution < 1.29 is 9.13 Å². The highest BCUT2D eigenvalue weighted by atomic mass is 19.1. The van der Waals surface area contributed by atoms with Crippen LogP contribution < -0.4 is 10.5 Å². The minimum Gasteiger partial charge on any atom is -0.496 e. The number of benzene rings is 1. The molecule has 5 heteroatoms. The maximum Gasteiger partial charge on any atom is 0.128 e. The van der Waals surface area contributed by atoms with Gasteiger partial charge in [0.15, 0.2) is 0 Å². The van der Waals surface area contributed by atoms with Gasteiger partial charge in [-0.1, -0.05) is 0 Å². The highest BCUT2D eigenvalue weighted by molar-refractivity contribution is 5.70. The molecule has 1 aliphatic rings. The number of nitrogens with two attached hydrogens (primary N) is 1. The van der Waals surface area contributed by atoms with Gasteiger partial charge in [-0.05, 0) is 31.0 Å². The summed E-state index contributed by atoms with van der Waals surface area (Å²) < 4.78 is 20.9. The molecule has 2 aromatic rings. The van der Waals surface area contributed by atoms with Gasteiger partial charge in [0.05, 0.1) is 19.3 Å². The fraction of sp³-hybridized carbons (Fsp3) is 0.357. The predicted octanol–water partition coefficient (Wildman–Crippen LogP) is 2.10. The lowest BCUT2D eigenvalue weighted by Crippen LogP contribution is -2.06. The van der Waals surface area contributed by atoms with E-state index in [9.17, 15) is 4.39 Å². The van der Waals surface area contributed by atoms with E-state index < -0.39 is 0 Å². The summed E-state index contributed by atoms with van der Waals surface area (Å²) in [6, 6.07) is 4.50. The van der Waals surface area contributed by atoms with E-state index in [2.05, 4.69) is 9.55 Å². The minimum absolute atomic E-state index is 0.287. The van der Waals surface area contributed by atoms with Crippen LogP contribution in [0.4, 0.5) is 4.39 Å². The zero-order chi connectivity index (χ0) is 13.4. The zero-order valence-corrected chi connectivity index (χ0v) is 10.8. The molecule has 0 saturated heterocycles. The van der Waals surface area contributed by atoms with Crippen molar-refractivity contribution in [3.05, 3.63) is 35.5 Å². The van der Waals surface area contributed by atoms with Crippen molar-refractivity contribution >= 4 is 0 Å². The molecule has 1 aromatic heterocycles. The molecular weight excluding hydrogens is 245 g/mol. The normalized spacial score (nSPS) is 13.6. The third-order valence-electron chi connectivity index (χ3n) is 3.55. The summed E-state index contributed by atoms with van der Waals surface area (Å²) in [6.07, 6.45) is 2.03. The van der Waals surface area contributed by atoms with Gasteiger partial charge < -0.3 is 15.0 Å². The first-order valence-corrected chi connectivity index (χ1v) is 6.37. The highest BCUT2D eigenvalue weighted by Crippen LogP contribution is 2.35. The second kappa shape index (κ2) is 4.66. The smallest absolute Gasteiger partial charge is 0.128 e. The Morgan fingerprint density at radius 3 is 3.05 bits per heavy atom. The number of nitrogens with zero attached hydrogens (tertiary/aromatic N) is 2. The fourth-order valence-electron chi connectivity index (χ4n) is 2.70. The molecule has 4 nitrogen and oxygen atoms in total. The monoisotopic (exact) mass is 261 g/mol.